The first-order valence-corrected chi connectivity index (χ1v) is 10.5. The number of morpholine rings is 1. The topological polar surface area (TPSA) is 54.9 Å². The van der Waals surface area contributed by atoms with E-state index in [9.17, 15) is 9.18 Å². The minimum atomic E-state index is -0.303. The van der Waals surface area contributed by atoms with Gasteiger partial charge in [-0.3, -0.25) is 9.78 Å². The Kier molecular flexibility index (Phi) is 6.29. The Bertz CT molecular complexity index is 884. The third kappa shape index (κ3) is 4.47. The molecule has 4 rings (SSSR count). The number of methoxy groups -OCH3 is 1. The van der Waals surface area contributed by atoms with Crippen molar-refractivity contribution in [2.24, 2.45) is 0 Å². The molecule has 1 aromatic carbocycles. The van der Waals surface area contributed by atoms with E-state index < -0.39 is 0 Å². The molecule has 2 aliphatic rings. The minimum Gasteiger partial charge on any atom is -0.496 e. The first-order chi connectivity index (χ1) is 14.6. The van der Waals surface area contributed by atoms with Gasteiger partial charge in [-0.2, -0.15) is 0 Å². The van der Waals surface area contributed by atoms with E-state index in [1.807, 2.05) is 29.2 Å². The van der Waals surface area contributed by atoms with Crippen LogP contribution in [-0.4, -0.2) is 72.7 Å². The van der Waals surface area contributed by atoms with Crippen molar-refractivity contribution in [1.29, 1.82) is 0 Å². The van der Waals surface area contributed by atoms with Crippen LogP contribution in [0.15, 0.2) is 42.6 Å². The molecule has 2 aliphatic heterocycles. The average Bonchev–Trinajstić information content (AvgIpc) is 2.79. The fraction of sp³-hybridized carbons (Fsp3) is 0.478. The van der Waals surface area contributed by atoms with Gasteiger partial charge in [0.05, 0.1) is 37.1 Å². The molecule has 1 aromatic heterocycles. The molecule has 30 heavy (non-hydrogen) atoms. The van der Waals surface area contributed by atoms with Gasteiger partial charge in [0.15, 0.2) is 0 Å². The zero-order valence-corrected chi connectivity index (χ0v) is 17.3. The van der Waals surface area contributed by atoms with Crippen LogP contribution >= 0.6 is 0 Å². The molecule has 3 heterocycles. The maximum absolute atomic E-state index is 13.8. The zero-order valence-electron chi connectivity index (χ0n) is 17.3. The van der Waals surface area contributed by atoms with E-state index in [4.69, 9.17) is 9.47 Å². The van der Waals surface area contributed by atoms with E-state index >= 15 is 0 Å². The van der Waals surface area contributed by atoms with Gasteiger partial charge in [-0.1, -0.05) is 12.1 Å². The number of benzene rings is 1. The monoisotopic (exact) mass is 413 g/mol. The lowest BCUT2D eigenvalue weighted by atomic mass is 9.89. The van der Waals surface area contributed by atoms with Crippen LogP contribution in [0.3, 0.4) is 0 Å². The number of halogens is 1. The molecule has 7 heteroatoms. The lowest BCUT2D eigenvalue weighted by Crippen LogP contribution is -2.58. The number of rotatable bonds is 5. The molecule has 2 fully saturated rings. The van der Waals surface area contributed by atoms with Crippen molar-refractivity contribution in [1.82, 2.24) is 14.8 Å². The number of para-hydroxylation sites is 1. The summed E-state index contributed by atoms with van der Waals surface area (Å²) in [5.41, 5.74) is 0.801. The Morgan fingerprint density at radius 3 is 2.77 bits per heavy atom. The molecule has 6 nitrogen and oxygen atoms in total. The molecule has 2 aromatic rings. The van der Waals surface area contributed by atoms with Gasteiger partial charge in [-0.15, -0.1) is 0 Å². The van der Waals surface area contributed by atoms with E-state index in [1.54, 1.807) is 19.4 Å². The predicted octanol–water partition coefficient (Wildman–Crippen LogP) is 2.78. The van der Waals surface area contributed by atoms with Crippen molar-refractivity contribution in [3.05, 3.63) is 59.7 Å². The normalized spacial score (nSPS) is 19.1. The predicted molar refractivity (Wildman–Crippen MR) is 111 cm³/mol. The number of aromatic nitrogens is 1. The molecule has 1 spiro atoms. The van der Waals surface area contributed by atoms with Crippen LogP contribution in [0.1, 0.15) is 28.9 Å². The largest absolute Gasteiger partial charge is 0.496 e. The number of hydrogen-bond donors (Lipinski definition) is 0. The SMILES string of the molecule is COc1ccccc1C(=O)N1CCOC2(CCN(CCc3ncccc3F)CC2)C1. The second-order valence-electron chi connectivity index (χ2n) is 7.98. The number of ether oxygens (including phenoxy) is 2. The van der Waals surface area contributed by atoms with Gasteiger partial charge in [0.1, 0.15) is 11.6 Å². The summed E-state index contributed by atoms with van der Waals surface area (Å²) in [7, 11) is 1.58. The molecular weight excluding hydrogens is 385 g/mol. The van der Waals surface area contributed by atoms with E-state index in [2.05, 4.69) is 9.88 Å². The molecule has 0 N–H and O–H groups in total. The maximum atomic E-state index is 13.8. The Morgan fingerprint density at radius 1 is 1.20 bits per heavy atom. The number of nitrogens with zero attached hydrogens (tertiary/aromatic N) is 3. The molecule has 1 amide bonds. The van der Waals surface area contributed by atoms with Crippen LogP contribution < -0.4 is 4.74 Å². The quantitative estimate of drug-likeness (QED) is 0.755. The minimum absolute atomic E-state index is 0.0109. The second kappa shape index (κ2) is 9.10. The maximum Gasteiger partial charge on any atom is 0.257 e. The van der Waals surface area contributed by atoms with Gasteiger partial charge >= 0.3 is 0 Å². The van der Waals surface area contributed by atoms with Crippen molar-refractivity contribution in [3.8, 4) is 5.75 Å². The van der Waals surface area contributed by atoms with Crippen molar-refractivity contribution < 1.29 is 18.7 Å². The number of hydrogen-bond acceptors (Lipinski definition) is 5. The van der Waals surface area contributed by atoms with Crippen molar-refractivity contribution >= 4 is 5.91 Å². The number of likely N-dealkylation sites (tertiary alicyclic amines) is 1. The summed E-state index contributed by atoms with van der Waals surface area (Å²) >= 11 is 0. The third-order valence-corrected chi connectivity index (χ3v) is 6.14. The Morgan fingerprint density at radius 2 is 2.00 bits per heavy atom. The summed E-state index contributed by atoms with van der Waals surface area (Å²) in [5.74, 6) is 0.342. The van der Waals surface area contributed by atoms with E-state index in [0.717, 1.165) is 32.5 Å². The Balaban J connectivity index is 1.34. The summed E-state index contributed by atoms with van der Waals surface area (Å²) in [6, 6.07) is 10.4. The van der Waals surface area contributed by atoms with Crippen molar-refractivity contribution in [2.75, 3.05) is 46.4 Å². The summed E-state index contributed by atoms with van der Waals surface area (Å²) in [4.78, 5) is 21.4. The molecule has 0 unspecified atom stereocenters. The molecule has 0 saturated carbocycles. The van der Waals surface area contributed by atoms with Gasteiger partial charge in [0.2, 0.25) is 0 Å². The zero-order chi connectivity index (χ0) is 21.0. The van der Waals surface area contributed by atoms with Gasteiger partial charge in [-0.25, -0.2) is 4.39 Å². The van der Waals surface area contributed by atoms with E-state index in [-0.39, 0.29) is 17.3 Å². The smallest absolute Gasteiger partial charge is 0.257 e. The van der Waals surface area contributed by atoms with Crippen LogP contribution in [0.2, 0.25) is 0 Å². The number of carbonyl (C=O) groups excluding carboxylic acids is 1. The highest BCUT2D eigenvalue weighted by Crippen LogP contribution is 2.31. The lowest BCUT2D eigenvalue weighted by Gasteiger charge is -2.47. The second-order valence-corrected chi connectivity index (χ2v) is 7.98. The van der Waals surface area contributed by atoms with Gasteiger partial charge < -0.3 is 19.3 Å². The molecule has 0 radical (unpaired) electrons. The molecule has 160 valence electrons. The van der Waals surface area contributed by atoms with Gasteiger partial charge in [-0.05, 0) is 37.1 Å². The van der Waals surface area contributed by atoms with Crippen LogP contribution in [0, 0.1) is 5.82 Å². The highest BCUT2D eigenvalue weighted by atomic mass is 19.1. The van der Waals surface area contributed by atoms with Crippen molar-refractivity contribution in [2.45, 2.75) is 24.9 Å². The summed E-state index contributed by atoms with van der Waals surface area (Å²) in [6.45, 7) is 4.22. The average molecular weight is 413 g/mol. The molecule has 0 bridgehead atoms. The number of carbonyl (C=O) groups is 1. The number of pyridine rings is 1. The summed E-state index contributed by atoms with van der Waals surface area (Å²) in [5, 5.41) is 0. The van der Waals surface area contributed by atoms with Crippen LogP contribution in [-0.2, 0) is 11.2 Å². The molecule has 0 aliphatic carbocycles. The Labute approximate surface area is 176 Å². The lowest BCUT2D eigenvalue weighted by molar-refractivity contribution is -0.127. The first kappa shape index (κ1) is 20.8. The van der Waals surface area contributed by atoms with Gasteiger partial charge in [0, 0.05) is 38.8 Å². The fourth-order valence-electron chi connectivity index (χ4n) is 4.36. The highest BCUT2D eigenvalue weighted by molar-refractivity contribution is 5.97. The van der Waals surface area contributed by atoms with Crippen LogP contribution in [0.25, 0.3) is 0 Å². The van der Waals surface area contributed by atoms with Gasteiger partial charge in [0.25, 0.3) is 5.91 Å². The highest BCUT2D eigenvalue weighted by Gasteiger charge is 2.41. The molecule has 2 saturated heterocycles. The van der Waals surface area contributed by atoms with Crippen molar-refractivity contribution in [3.63, 3.8) is 0 Å². The first-order valence-electron chi connectivity index (χ1n) is 10.5. The molecular formula is C23H28FN3O3. The standard InChI is InChI=1S/C23H28FN3O3/c1-29-21-7-3-2-5-18(21)22(28)27-15-16-30-23(17-27)9-13-26(14-10-23)12-8-20-19(24)6-4-11-25-20/h2-7,11H,8-10,12-17H2,1H3. The summed E-state index contributed by atoms with van der Waals surface area (Å²) < 4.78 is 25.3. The third-order valence-electron chi connectivity index (χ3n) is 6.14. The van der Waals surface area contributed by atoms with E-state index in [1.165, 1.54) is 6.07 Å². The number of piperidine rings is 1. The van der Waals surface area contributed by atoms with Crippen LogP contribution in [0.5, 0.6) is 5.75 Å². The molecule has 0 atom stereocenters. The van der Waals surface area contributed by atoms with E-state index in [0.29, 0.717) is 43.1 Å². The van der Waals surface area contributed by atoms with Crippen LogP contribution in [0.4, 0.5) is 4.39 Å². The Hall–Kier alpha value is -2.51. The summed E-state index contributed by atoms with van der Waals surface area (Å²) in [6.07, 6.45) is 3.94. The number of amides is 1. The fourth-order valence-corrected chi connectivity index (χ4v) is 4.36.